The van der Waals surface area contributed by atoms with Crippen LogP contribution in [0.5, 0.6) is 11.5 Å². The summed E-state index contributed by atoms with van der Waals surface area (Å²) in [7, 11) is -3.29. The maximum absolute atomic E-state index is 12.1. The number of ether oxygens (including phenoxy) is 1. The zero-order valence-corrected chi connectivity index (χ0v) is 22.4. The predicted octanol–water partition coefficient (Wildman–Crippen LogP) is 6.88. The van der Waals surface area contributed by atoms with Gasteiger partial charge in [-0.25, -0.2) is 0 Å². The quantitative estimate of drug-likeness (QED) is 0.416. The lowest BCUT2D eigenvalue weighted by Crippen LogP contribution is -2.38. The molecule has 0 aliphatic rings. The van der Waals surface area contributed by atoms with Crippen molar-refractivity contribution in [2.24, 2.45) is 22.2 Å². The van der Waals surface area contributed by atoms with Crippen LogP contribution in [0.25, 0.3) is 0 Å². The van der Waals surface area contributed by atoms with Crippen LogP contribution < -0.4 is 4.74 Å². The van der Waals surface area contributed by atoms with Crippen LogP contribution in [-0.4, -0.2) is 25.2 Å². The summed E-state index contributed by atoms with van der Waals surface area (Å²) in [4.78, 5) is -0.553. The summed E-state index contributed by atoms with van der Waals surface area (Å²) < 4.78 is 39.3. The van der Waals surface area contributed by atoms with Gasteiger partial charge >= 0.3 is 10.1 Å². The molecule has 2 N–H and O–H groups in total. The van der Waals surface area contributed by atoms with E-state index in [0.29, 0.717) is 17.0 Å². The Labute approximate surface area is 190 Å². The van der Waals surface area contributed by atoms with Gasteiger partial charge in [0.15, 0.2) is 4.90 Å². The second kappa shape index (κ2) is 8.93. The predicted molar refractivity (Wildman–Crippen MR) is 128 cm³/mol. The van der Waals surface area contributed by atoms with Gasteiger partial charge in [0.05, 0.1) is 7.11 Å². The van der Waals surface area contributed by atoms with Crippen molar-refractivity contribution < 1.29 is 22.8 Å². The molecular weight excluding hydrogens is 412 g/mol. The smallest absolute Gasteiger partial charge is 0.301 e. The average molecular weight is 457 g/mol. The highest BCUT2D eigenvalue weighted by Crippen LogP contribution is 2.58. The zero-order chi connectivity index (χ0) is 24.7. The fourth-order valence-electron chi connectivity index (χ4n) is 6.38. The van der Waals surface area contributed by atoms with Gasteiger partial charge < -0.3 is 9.84 Å². The van der Waals surface area contributed by atoms with Gasteiger partial charge in [0.2, 0.25) is 0 Å². The highest BCUT2D eigenvalue weighted by atomic mass is 32.2. The van der Waals surface area contributed by atoms with E-state index < -0.39 is 20.8 Å². The molecule has 0 aliphatic carbocycles. The van der Waals surface area contributed by atoms with Crippen molar-refractivity contribution in [3.63, 3.8) is 0 Å². The Morgan fingerprint density at radius 3 is 1.77 bits per heavy atom. The number of rotatable bonds is 8. The van der Waals surface area contributed by atoms with Gasteiger partial charge in [-0.3, -0.25) is 4.55 Å². The molecule has 0 aliphatic heterocycles. The monoisotopic (exact) mass is 456 g/mol. The molecule has 0 amide bonds. The third kappa shape index (κ3) is 6.16. The molecule has 180 valence electrons. The van der Waals surface area contributed by atoms with E-state index in [1.165, 1.54) is 7.11 Å². The number of hydrogen-bond donors (Lipinski definition) is 2. The van der Waals surface area contributed by atoms with Crippen molar-refractivity contribution in [3.8, 4) is 11.5 Å². The van der Waals surface area contributed by atoms with E-state index in [0.717, 1.165) is 18.4 Å². The topological polar surface area (TPSA) is 83.8 Å². The van der Waals surface area contributed by atoms with Gasteiger partial charge in [-0.1, -0.05) is 62.3 Å². The highest BCUT2D eigenvalue weighted by molar-refractivity contribution is 7.86. The first-order chi connectivity index (χ1) is 13.7. The average Bonchev–Trinajstić information content (AvgIpc) is 2.49. The summed E-state index contributed by atoms with van der Waals surface area (Å²) in [5.41, 5.74) is 1.81. The second-order valence-corrected chi connectivity index (χ2v) is 13.5. The van der Waals surface area contributed by atoms with Crippen LogP contribution in [0.3, 0.4) is 0 Å². The Bertz CT molecular complexity index is 903. The van der Waals surface area contributed by atoms with Gasteiger partial charge in [0.25, 0.3) is 0 Å². The third-order valence-corrected chi connectivity index (χ3v) is 7.05. The summed E-state index contributed by atoms with van der Waals surface area (Å²) in [6.07, 6.45) is 1.90. The minimum absolute atomic E-state index is 0.0110. The van der Waals surface area contributed by atoms with Crippen molar-refractivity contribution in [2.75, 3.05) is 7.11 Å². The minimum Gasteiger partial charge on any atom is -0.506 e. The SMILES string of the molecule is COc1c(C)c(C(C(C)(C)CC(C)C)C(C)(C)CC(C)(C)C)c(C)c(O)c1S(=O)(=O)O. The van der Waals surface area contributed by atoms with E-state index in [1.54, 1.807) is 6.92 Å². The molecule has 31 heavy (non-hydrogen) atoms. The highest BCUT2D eigenvalue weighted by Gasteiger charge is 2.46. The molecule has 0 fully saturated rings. The Morgan fingerprint density at radius 1 is 0.935 bits per heavy atom. The van der Waals surface area contributed by atoms with E-state index in [1.807, 2.05) is 6.92 Å². The Kier molecular flexibility index (Phi) is 8.00. The lowest BCUT2D eigenvalue weighted by atomic mass is 9.55. The van der Waals surface area contributed by atoms with Crippen LogP contribution in [0.4, 0.5) is 0 Å². The number of aromatic hydroxyl groups is 1. The standard InChI is InChI=1S/C25H44O5S/c1-15(2)13-24(8,9)22(25(10,11)14-23(5,6)7)18-16(3)19(26)21(31(27,28)29)20(30-12)17(18)4/h15,22,26H,13-14H2,1-12H3,(H,27,28,29). The van der Waals surface area contributed by atoms with Crippen molar-refractivity contribution >= 4 is 10.1 Å². The molecule has 1 rings (SSSR count). The molecule has 0 radical (unpaired) electrons. The van der Waals surface area contributed by atoms with Crippen LogP contribution in [0.15, 0.2) is 4.90 Å². The Hall–Kier alpha value is -1.27. The molecule has 0 saturated heterocycles. The van der Waals surface area contributed by atoms with Gasteiger partial charge in [0.1, 0.15) is 11.5 Å². The lowest BCUT2D eigenvalue weighted by molar-refractivity contribution is 0.0778. The first kappa shape index (κ1) is 27.8. The molecule has 0 aromatic heterocycles. The molecule has 0 spiro atoms. The summed E-state index contributed by atoms with van der Waals surface area (Å²) in [6, 6.07) is 0. The Balaban J connectivity index is 4.08. The van der Waals surface area contributed by atoms with Gasteiger partial charge in [-0.05, 0) is 71.5 Å². The first-order valence-corrected chi connectivity index (χ1v) is 12.5. The van der Waals surface area contributed by atoms with E-state index in [2.05, 4.69) is 62.3 Å². The summed E-state index contributed by atoms with van der Waals surface area (Å²) in [6.45, 7) is 23.6. The number of phenols is 1. The number of hydrogen-bond acceptors (Lipinski definition) is 4. The number of phenolic OH excluding ortho intramolecular Hbond substituents is 1. The zero-order valence-electron chi connectivity index (χ0n) is 21.6. The molecule has 1 aromatic rings. The van der Waals surface area contributed by atoms with Crippen LogP contribution in [0.2, 0.25) is 0 Å². The second-order valence-electron chi connectivity index (χ2n) is 12.1. The first-order valence-electron chi connectivity index (χ1n) is 11.0. The summed E-state index contributed by atoms with van der Waals surface area (Å²) in [5.74, 6) is 0.0577. The van der Waals surface area contributed by atoms with Crippen LogP contribution in [-0.2, 0) is 10.1 Å². The summed E-state index contributed by atoms with van der Waals surface area (Å²) in [5, 5.41) is 10.9. The van der Waals surface area contributed by atoms with Crippen LogP contribution >= 0.6 is 0 Å². The molecule has 0 heterocycles. The van der Waals surface area contributed by atoms with Gasteiger partial charge in [-0.2, -0.15) is 8.42 Å². The van der Waals surface area contributed by atoms with Crippen molar-refractivity contribution in [1.82, 2.24) is 0 Å². The van der Waals surface area contributed by atoms with Gasteiger partial charge in [0, 0.05) is 0 Å². The van der Waals surface area contributed by atoms with E-state index in [4.69, 9.17) is 4.74 Å². The molecule has 1 unspecified atom stereocenters. The Morgan fingerprint density at radius 2 is 1.42 bits per heavy atom. The molecule has 6 heteroatoms. The summed E-state index contributed by atoms with van der Waals surface area (Å²) >= 11 is 0. The molecule has 0 saturated carbocycles. The third-order valence-electron chi connectivity index (χ3n) is 6.16. The normalized spacial score (nSPS) is 14.8. The molecule has 5 nitrogen and oxygen atoms in total. The number of methoxy groups -OCH3 is 1. The van der Waals surface area contributed by atoms with Crippen LogP contribution in [0.1, 0.15) is 97.8 Å². The maximum Gasteiger partial charge on any atom is 0.301 e. The van der Waals surface area contributed by atoms with E-state index in [9.17, 15) is 18.1 Å². The lowest BCUT2D eigenvalue weighted by Gasteiger charge is -2.49. The van der Waals surface area contributed by atoms with Crippen molar-refractivity contribution in [1.29, 1.82) is 0 Å². The van der Waals surface area contributed by atoms with E-state index in [-0.39, 0.29) is 27.9 Å². The molecule has 1 aromatic carbocycles. The minimum atomic E-state index is -4.66. The fraction of sp³-hybridized carbons (Fsp3) is 0.760. The maximum atomic E-state index is 12.1. The van der Waals surface area contributed by atoms with Crippen molar-refractivity contribution in [2.45, 2.75) is 99.8 Å². The largest absolute Gasteiger partial charge is 0.506 e. The fourth-order valence-corrected chi connectivity index (χ4v) is 7.24. The van der Waals surface area contributed by atoms with Crippen molar-refractivity contribution in [3.05, 3.63) is 16.7 Å². The molecular formula is C25H44O5S. The molecule has 1 atom stereocenters. The van der Waals surface area contributed by atoms with Gasteiger partial charge in [-0.15, -0.1) is 0 Å². The van der Waals surface area contributed by atoms with E-state index >= 15 is 0 Å². The number of benzene rings is 1. The molecule has 0 bridgehead atoms. The van der Waals surface area contributed by atoms with Crippen LogP contribution in [0, 0.1) is 36.0 Å².